The van der Waals surface area contributed by atoms with Crippen LogP contribution in [0.4, 0.5) is 35.0 Å². The first kappa shape index (κ1) is 24.2. The lowest BCUT2D eigenvalue weighted by Gasteiger charge is -2.28. The van der Waals surface area contributed by atoms with E-state index in [1.807, 2.05) is 18.7 Å². The molecule has 7 nitrogen and oxygen atoms in total. The third kappa shape index (κ3) is 6.28. The maximum absolute atomic E-state index is 14.3. The fraction of sp³-hybridized carbons (Fsp3) is 0.318. The average molecular weight is 465 g/mol. The summed E-state index contributed by atoms with van der Waals surface area (Å²) in [6.45, 7) is 3.28. The second kappa shape index (κ2) is 11.4. The van der Waals surface area contributed by atoms with Crippen LogP contribution >= 0.6 is 0 Å². The van der Waals surface area contributed by atoms with Crippen LogP contribution in [0.5, 0.6) is 5.75 Å². The van der Waals surface area contributed by atoms with Gasteiger partial charge in [-0.25, -0.2) is 13.8 Å². The van der Waals surface area contributed by atoms with Crippen molar-refractivity contribution < 1.29 is 27.0 Å². The van der Waals surface area contributed by atoms with Crippen molar-refractivity contribution in [3.05, 3.63) is 54.2 Å². The Morgan fingerprint density at radius 2 is 1.76 bits per heavy atom. The van der Waals surface area contributed by atoms with Crippen molar-refractivity contribution in [2.45, 2.75) is 20.5 Å². The highest BCUT2D eigenvalue weighted by Crippen LogP contribution is 2.28. The maximum atomic E-state index is 14.3. The molecule has 2 aromatic heterocycles. The quantitative estimate of drug-likeness (QED) is 0.512. The van der Waals surface area contributed by atoms with Crippen LogP contribution in [0.3, 0.4) is 0 Å². The van der Waals surface area contributed by atoms with Crippen molar-refractivity contribution in [3.63, 3.8) is 0 Å². The van der Waals surface area contributed by atoms with Crippen molar-refractivity contribution in [2.24, 2.45) is 0 Å². The number of ether oxygens (including phenoxy) is 2. The number of halogens is 4. The number of benzene rings is 1. The molecule has 0 saturated carbocycles. The van der Waals surface area contributed by atoms with Crippen molar-refractivity contribution >= 4 is 17.5 Å². The number of hydrogen-bond acceptors (Lipinski definition) is 7. The predicted octanol–water partition coefficient (Wildman–Crippen LogP) is 5.02. The van der Waals surface area contributed by atoms with Crippen molar-refractivity contribution in [1.82, 2.24) is 15.2 Å². The highest BCUT2D eigenvalue weighted by Gasteiger charge is 2.16. The Morgan fingerprint density at radius 3 is 2.45 bits per heavy atom. The van der Waals surface area contributed by atoms with E-state index in [2.05, 4.69) is 25.2 Å². The Morgan fingerprint density at radius 1 is 1.00 bits per heavy atom. The summed E-state index contributed by atoms with van der Waals surface area (Å²) < 4.78 is 62.4. The van der Waals surface area contributed by atoms with Crippen LogP contribution in [-0.2, 0) is 4.74 Å². The van der Waals surface area contributed by atoms with Gasteiger partial charge in [0.15, 0.2) is 29.0 Å². The van der Waals surface area contributed by atoms with Gasteiger partial charge in [-0.05, 0) is 35.9 Å². The number of hydrogen-bond donors (Lipinski definition) is 1. The lowest BCUT2D eigenvalue weighted by atomic mass is 10.1. The Hall–Kier alpha value is -3.47. The van der Waals surface area contributed by atoms with Gasteiger partial charge in [-0.15, -0.1) is 5.10 Å². The molecule has 1 aliphatic heterocycles. The predicted molar refractivity (Wildman–Crippen MR) is 116 cm³/mol. The summed E-state index contributed by atoms with van der Waals surface area (Å²) in [4.78, 5) is 6.29. The van der Waals surface area contributed by atoms with E-state index in [0.29, 0.717) is 43.2 Å². The normalized spacial score (nSPS) is 13.4. The van der Waals surface area contributed by atoms with E-state index in [9.17, 15) is 17.6 Å². The minimum Gasteiger partial charge on any atom is -0.432 e. The number of morpholine rings is 1. The molecule has 0 atom stereocenters. The number of anilines is 3. The Labute approximate surface area is 188 Å². The molecule has 0 radical (unpaired) electrons. The number of aromatic nitrogens is 3. The lowest BCUT2D eigenvalue weighted by molar-refractivity contribution is -0.0521. The van der Waals surface area contributed by atoms with Crippen LogP contribution < -0.4 is 15.0 Å². The second-order valence-corrected chi connectivity index (χ2v) is 6.58. The molecule has 1 aliphatic rings. The molecule has 176 valence electrons. The molecule has 0 spiro atoms. The van der Waals surface area contributed by atoms with Gasteiger partial charge in [0.2, 0.25) is 0 Å². The number of nitrogens with zero attached hydrogens (tertiary/aromatic N) is 4. The van der Waals surface area contributed by atoms with Crippen LogP contribution in [0, 0.1) is 11.6 Å². The number of pyridine rings is 1. The maximum Gasteiger partial charge on any atom is 0.387 e. The van der Waals surface area contributed by atoms with Crippen molar-refractivity contribution in [1.29, 1.82) is 0 Å². The highest BCUT2D eigenvalue weighted by atomic mass is 19.3. The topological polar surface area (TPSA) is 72.4 Å². The SMILES string of the molecule is CC.Fc1cc(-c2cnnc(Nc3nc(N4CCOCC4)ccc3F)c2)ccc1OC(F)F. The summed E-state index contributed by atoms with van der Waals surface area (Å²) in [7, 11) is 0. The smallest absolute Gasteiger partial charge is 0.387 e. The molecule has 0 unspecified atom stereocenters. The van der Waals surface area contributed by atoms with Crippen LogP contribution in [-0.4, -0.2) is 48.1 Å². The molecule has 11 heteroatoms. The van der Waals surface area contributed by atoms with Crippen LogP contribution in [0.1, 0.15) is 13.8 Å². The standard InChI is InChI=1S/C20H17F4N5O2.C2H6/c21-14-2-4-18(29-5-7-30-8-6-29)27-19(14)26-17-10-13(11-25-28-17)12-1-3-16(15(22)9-12)31-20(23)24;1-2/h1-4,9-11,20H,5-8H2,(H,26,27,28);1-2H3. The fourth-order valence-corrected chi connectivity index (χ4v) is 3.07. The first-order valence-electron chi connectivity index (χ1n) is 10.3. The Kier molecular flexibility index (Phi) is 8.36. The summed E-state index contributed by atoms with van der Waals surface area (Å²) in [6.07, 6.45) is 1.36. The van der Waals surface area contributed by atoms with Crippen LogP contribution in [0.2, 0.25) is 0 Å². The summed E-state index contributed by atoms with van der Waals surface area (Å²) in [6, 6.07) is 7.93. The van der Waals surface area contributed by atoms with Gasteiger partial charge < -0.3 is 19.7 Å². The van der Waals surface area contributed by atoms with Gasteiger partial charge in [-0.2, -0.15) is 13.9 Å². The van der Waals surface area contributed by atoms with Crippen molar-refractivity contribution in [2.75, 3.05) is 36.5 Å². The fourth-order valence-electron chi connectivity index (χ4n) is 3.07. The molecule has 4 rings (SSSR count). The summed E-state index contributed by atoms with van der Waals surface area (Å²) in [5.41, 5.74) is 0.789. The van der Waals surface area contributed by atoms with E-state index in [-0.39, 0.29) is 11.6 Å². The lowest BCUT2D eigenvalue weighted by Crippen LogP contribution is -2.36. The van der Waals surface area contributed by atoms with Gasteiger partial charge in [0, 0.05) is 18.7 Å². The van der Waals surface area contributed by atoms with E-state index in [4.69, 9.17) is 4.74 Å². The van der Waals surface area contributed by atoms with Gasteiger partial charge in [-0.3, -0.25) is 0 Å². The molecule has 0 aliphatic carbocycles. The summed E-state index contributed by atoms with van der Waals surface area (Å²) in [5, 5.41) is 10.5. The zero-order chi connectivity index (χ0) is 23.8. The van der Waals surface area contributed by atoms with Gasteiger partial charge in [0.25, 0.3) is 0 Å². The molecular formula is C22H23F4N5O2. The van der Waals surface area contributed by atoms with Crippen LogP contribution in [0.15, 0.2) is 42.6 Å². The molecular weight excluding hydrogens is 442 g/mol. The molecule has 0 bridgehead atoms. The molecule has 1 N–H and O–H groups in total. The first-order chi connectivity index (χ1) is 16.0. The van der Waals surface area contributed by atoms with Crippen LogP contribution in [0.25, 0.3) is 11.1 Å². The number of nitrogens with one attached hydrogen (secondary N) is 1. The summed E-state index contributed by atoms with van der Waals surface area (Å²) >= 11 is 0. The summed E-state index contributed by atoms with van der Waals surface area (Å²) in [5.74, 6) is -1.37. The van der Waals surface area contributed by atoms with Gasteiger partial charge in [0.05, 0.1) is 19.4 Å². The number of rotatable bonds is 6. The monoisotopic (exact) mass is 465 g/mol. The third-order valence-electron chi connectivity index (χ3n) is 4.55. The molecule has 1 saturated heterocycles. The molecule has 3 aromatic rings. The van der Waals surface area contributed by atoms with E-state index in [1.54, 1.807) is 6.07 Å². The highest BCUT2D eigenvalue weighted by molar-refractivity contribution is 5.68. The molecule has 1 fully saturated rings. The molecule has 1 aromatic carbocycles. The minimum atomic E-state index is -3.13. The minimum absolute atomic E-state index is 0.0395. The first-order valence-corrected chi connectivity index (χ1v) is 10.3. The third-order valence-corrected chi connectivity index (χ3v) is 4.55. The Bertz CT molecular complexity index is 1060. The van der Waals surface area contributed by atoms with Crippen molar-refractivity contribution in [3.8, 4) is 16.9 Å². The molecule has 3 heterocycles. The van der Waals surface area contributed by atoms with Gasteiger partial charge in [-0.1, -0.05) is 19.9 Å². The second-order valence-electron chi connectivity index (χ2n) is 6.58. The molecule has 33 heavy (non-hydrogen) atoms. The zero-order valence-corrected chi connectivity index (χ0v) is 18.1. The van der Waals surface area contributed by atoms with E-state index in [0.717, 1.165) is 12.1 Å². The van der Waals surface area contributed by atoms with Gasteiger partial charge >= 0.3 is 6.61 Å². The number of alkyl halides is 2. The van der Waals surface area contributed by atoms with Gasteiger partial charge in [0.1, 0.15) is 5.82 Å². The van der Waals surface area contributed by atoms with E-state index >= 15 is 0 Å². The largest absolute Gasteiger partial charge is 0.432 e. The Balaban J connectivity index is 0.00000149. The zero-order valence-electron chi connectivity index (χ0n) is 18.1. The molecule has 0 amide bonds. The van der Waals surface area contributed by atoms with E-state index < -0.39 is 24.0 Å². The van der Waals surface area contributed by atoms with E-state index in [1.165, 1.54) is 24.4 Å². The average Bonchev–Trinajstić information content (AvgIpc) is 2.83.